The monoisotopic (exact) mass is 309 g/mol. The Morgan fingerprint density at radius 1 is 1.14 bits per heavy atom. The van der Waals surface area contributed by atoms with Gasteiger partial charge in [0.25, 0.3) is 0 Å². The van der Waals surface area contributed by atoms with Crippen LogP contribution in [0.3, 0.4) is 0 Å². The summed E-state index contributed by atoms with van der Waals surface area (Å²) in [6.07, 6.45) is 6.84. The van der Waals surface area contributed by atoms with Crippen LogP contribution in [0, 0.1) is 6.92 Å². The predicted molar refractivity (Wildman–Crippen MR) is 88.0 cm³/mol. The fourth-order valence-electron chi connectivity index (χ4n) is 1.80. The first-order valence-electron chi connectivity index (χ1n) is 6.84. The molecule has 0 fully saturated rings. The van der Waals surface area contributed by atoms with Crippen molar-refractivity contribution in [2.75, 3.05) is 0 Å². The minimum atomic E-state index is 0.769. The van der Waals surface area contributed by atoms with E-state index in [-0.39, 0.29) is 0 Å². The molecule has 3 rings (SSSR count). The number of aromatic nitrogens is 4. The van der Waals surface area contributed by atoms with Gasteiger partial charge in [0.1, 0.15) is 6.33 Å². The summed E-state index contributed by atoms with van der Waals surface area (Å²) < 4.78 is 1.68. The molecule has 0 bridgehead atoms. The molecule has 0 N–H and O–H groups in total. The molecule has 6 heteroatoms. The van der Waals surface area contributed by atoms with E-state index in [1.807, 2.05) is 12.1 Å². The highest BCUT2D eigenvalue weighted by molar-refractivity contribution is 7.98. The Morgan fingerprint density at radius 3 is 2.68 bits per heavy atom. The van der Waals surface area contributed by atoms with E-state index in [2.05, 4.69) is 51.5 Å². The topological polar surface area (TPSA) is 56.0 Å². The zero-order valence-electron chi connectivity index (χ0n) is 12.1. The highest BCUT2D eigenvalue weighted by Gasteiger charge is 2.04. The maximum absolute atomic E-state index is 4.38. The minimum Gasteiger partial charge on any atom is -0.265 e. The molecule has 0 radical (unpaired) electrons. The predicted octanol–water partition coefficient (Wildman–Crippen LogP) is 3.16. The van der Waals surface area contributed by atoms with Crippen molar-refractivity contribution < 1.29 is 0 Å². The first-order chi connectivity index (χ1) is 10.8. The number of hydrogen-bond donors (Lipinski definition) is 0. The molecule has 3 aromatic rings. The average molecular weight is 309 g/mol. The van der Waals surface area contributed by atoms with Gasteiger partial charge >= 0.3 is 0 Å². The van der Waals surface area contributed by atoms with E-state index in [1.165, 1.54) is 11.1 Å². The van der Waals surface area contributed by atoms with Gasteiger partial charge < -0.3 is 0 Å². The quantitative estimate of drug-likeness (QED) is 0.536. The molecule has 0 saturated carbocycles. The summed E-state index contributed by atoms with van der Waals surface area (Å²) in [7, 11) is 0. The van der Waals surface area contributed by atoms with Crippen molar-refractivity contribution in [1.29, 1.82) is 0 Å². The van der Waals surface area contributed by atoms with Crippen LogP contribution >= 0.6 is 11.8 Å². The van der Waals surface area contributed by atoms with E-state index in [0.717, 1.165) is 16.5 Å². The van der Waals surface area contributed by atoms with E-state index in [1.54, 1.807) is 41.4 Å². The van der Waals surface area contributed by atoms with E-state index < -0.39 is 0 Å². The minimum absolute atomic E-state index is 0.769. The second-order valence-electron chi connectivity index (χ2n) is 4.76. The van der Waals surface area contributed by atoms with Gasteiger partial charge in [-0.1, -0.05) is 41.6 Å². The van der Waals surface area contributed by atoms with Crippen LogP contribution in [0.2, 0.25) is 0 Å². The van der Waals surface area contributed by atoms with Gasteiger partial charge in [-0.05, 0) is 30.2 Å². The van der Waals surface area contributed by atoms with Gasteiger partial charge in [0, 0.05) is 18.1 Å². The van der Waals surface area contributed by atoms with E-state index >= 15 is 0 Å². The molecule has 22 heavy (non-hydrogen) atoms. The van der Waals surface area contributed by atoms with Crippen molar-refractivity contribution in [3.8, 4) is 0 Å². The van der Waals surface area contributed by atoms with Crippen molar-refractivity contribution in [2.24, 2.45) is 5.10 Å². The third-order valence-corrected chi connectivity index (χ3v) is 4.03. The molecular weight excluding hydrogens is 294 g/mol. The molecule has 0 amide bonds. The van der Waals surface area contributed by atoms with Gasteiger partial charge in [-0.2, -0.15) is 9.78 Å². The van der Waals surface area contributed by atoms with Crippen molar-refractivity contribution in [3.05, 3.63) is 71.8 Å². The molecule has 0 atom stereocenters. The molecule has 2 heterocycles. The Balaban J connectivity index is 1.67. The van der Waals surface area contributed by atoms with Crippen LogP contribution in [0.4, 0.5) is 0 Å². The van der Waals surface area contributed by atoms with Crippen LogP contribution in [0.1, 0.15) is 16.7 Å². The van der Waals surface area contributed by atoms with E-state index in [9.17, 15) is 0 Å². The summed E-state index contributed by atoms with van der Waals surface area (Å²) in [5, 5.41) is 13.2. The molecule has 0 spiro atoms. The Labute approximate surface area is 133 Å². The van der Waals surface area contributed by atoms with Crippen LogP contribution in [0.25, 0.3) is 0 Å². The molecule has 0 aliphatic carbocycles. The zero-order chi connectivity index (χ0) is 15.2. The van der Waals surface area contributed by atoms with Crippen molar-refractivity contribution >= 4 is 18.0 Å². The second-order valence-corrected chi connectivity index (χ2v) is 5.70. The lowest BCUT2D eigenvalue weighted by molar-refractivity contribution is 0.767. The molecule has 0 aliphatic rings. The summed E-state index contributed by atoms with van der Waals surface area (Å²) >= 11 is 1.61. The Morgan fingerprint density at radius 2 is 1.91 bits per heavy atom. The van der Waals surface area contributed by atoms with E-state index in [0.29, 0.717) is 0 Å². The lowest BCUT2D eigenvalue weighted by atomic mass is 10.2. The molecular formula is C16H15N5S. The molecule has 0 saturated heterocycles. The smallest absolute Gasteiger partial charge is 0.212 e. The van der Waals surface area contributed by atoms with Crippen LogP contribution in [-0.2, 0) is 5.75 Å². The Kier molecular flexibility index (Phi) is 4.60. The number of nitrogens with zero attached hydrogens (tertiary/aromatic N) is 5. The van der Waals surface area contributed by atoms with Crippen molar-refractivity contribution in [2.45, 2.75) is 17.8 Å². The Bertz CT molecular complexity index is 750. The largest absolute Gasteiger partial charge is 0.265 e. The van der Waals surface area contributed by atoms with Gasteiger partial charge in [0.15, 0.2) is 0 Å². The van der Waals surface area contributed by atoms with Gasteiger partial charge in [-0.3, -0.25) is 4.98 Å². The summed E-state index contributed by atoms with van der Waals surface area (Å²) in [5.41, 5.74) is 3.50. The summed E-state index contributed by atoms with van der Waals surface area (Å²) in [4.78, 5) is 3.98. The molecule has 5 nitrogen and oxygen atoms in total. The average Bonchev–Trinajstić information content (AvgIpc) is 3.01. The number of benzene rings is 1. The lowest BCUT2D eigenvalue weighted by Gasteiger charge is -2.02. The highest BCUT2D eigenvalue weighted by atomic mass is 32.2. The fourth-order valence-corrected chi connectivity index (χ4v) is 2.62. The number of thioether (sulfide) groups is 1. The number of pyridine rings is 1. The normalized spacial score (nSPS) is 11.1. The third kappa shape index (κ3) is 3.79. The molecule has 110 valence electrons. The molecule has 2 aromatic heterocycles. The standard InChI is InChI=1S/C16H15N5S/c1-13-2-4-15(5-3-13)11-22-16-20-18-12-21(16)19-10-14-6-8-17-9-7-14/h2-10,12H,11H2,1H3. The summed E-state index contributed by atoms with van der Waals surface area (Å²) in [6.45, 7) is 2.08. The summed E-state index contributed by atoms with van der Waals surface area (Å²) in [6, 6.07) is 12.3. The maximum Gasteiger partial charge on any atom is 0.212 e. The number of aryl methyl sites for hydroxylation is 1. The van der Waals surface area contributed by atoms with Gasteiger partial charge in [-0.15, -0.1) is 10.2 Å². The summed E-state index contributed by atoms with van der Waals surface area (Å²) in [5.74, 6) is 0.837. The van der Waals surface area contributed by atoms with Gasteiger partial charge in [0.2, 0.25) is 5.16 Å². The van der Waals surface area contributed by atoms with Crippen molar-refractivity contribution in [1.82, 2.24) is 19.9 Å². The first-order valence-corrected chi connectivity index (χ1v) is 7.82. The van der Waals surface area contributed by atoms with Gasteiger partial charge in [0.05, 0.1) is 6.21 Å². The zero-order valence-corrected chi connectivity index (χ0v) is 12.9. The van der Waals surface area contributed by atoms with E-state index in [4.69, 9.17) is 0 Å². The third-order valence-electron chi connectivity index (χ3n) is 3.03. The molecule has 0 unspecified atom stereocenters. The van der Waals surface area contributed by atoms with Crippen LogP contribution in [0.5, 0.6) is 0 Å². The number of rotatable bonds is 5. The lowest BCUT2D eigenvalue weighted by Crippen LogP contribution is -1.93. The van der Waals surface area contributed by atoms with Gasteiger partial charge in [-0.25, -0.2) is 0 Å². The Hall–Kier alpha value is -2.47. The van der Waals surface area contributed by atoms with Crippen LogP contribution < -0.4 is 0 Å². The maximum atomic E-state index is 4.38. The highest BCUT2D eigenvalue weighted by Crippen LogP contribution is 2.20. The fraction of sp³-hybridized carbons (Fsp3) is 0.125. The van der Waals surface area contributed by atoms with Crippen LogP contribution in [0.15, 0.2) is 65.4 Å². The van der Waals surface area contributed by atoms with Crippen LogP contribution in [-0.4, -0.2) is 26.1 Å². The molecule has 1 aromatic carbocycles. The molecule has 0 aliphatic heterocycles. The second kappa shape index (κ2) is 7.00. The SMILES string of the molecule is Cc1ccc(CSc2nncn2N=Cc2ccncc2)cc1. The number of hydrogen-bond acceptors (Lipinski definition) is 5. The first kappa shape index (κ1) is 14.5. The van der Waals surface area contributed by atoms with Crippen molar-refractivity contribution in [3.63, 3.8) is 0 Å².